The minimum absolute atomic E-state index is 0.188. The van der Waals surface area contributed by atoms with Crippen LogP contribution in [0.1, 0.15) is 15.9 Å². The van der Waals surface area contributed by atoms with E-state index in [1.165, 1.54) is 7.11 Å². The van der Waals surface area contributed by atoms with E-state index in [0.29, 0.717) is 22.7 Å². The van der Waals surface area contributed by atoms with Crippen molar-refractivity contribution in [3.63, 3.8) is 0 Å². The van der Waals surface area contributed by atoms with Gasteiger partial charge in [0.2, 0.25) is 0 Å². The molecule has 0 spiro atoms. The van der Waals surface area contributed by atoms with E-state index in [-0.39, 0.29) is 5.91 Å². The maximum absolute atomic E-state index is 12.3. The lowest BCUT2D eigenvalue weighted by Gasteiger charge is -2.12. The molecule has 0 aliphatic carbocycles. The van der Waals surface area contributed by atoms with Gasteiger partial charge in [0.25, 0.3) is 5.91 Å². The Morgan fingerprint density at radius 1 is 1.25 bits per heavy atom. The number of amides is 1. The number of nitrogen functional groups attached to an aromatic ring is 1. The lowest BCUT2D eigenvalue weighted by Crippen LogP contribution is -2.14. The normalized spacial score (nSPS) is 10.2. The molecule has 2 aromatic carbocycles. The number of rotatable bonds is 3. The van der Waals surface area contributed by atoms with E-state index in [1.54, 1.807) is 24.3 Å². The van der Waals surface area contributed by atoms with Gasteiger partial charge in [-0.15, -0.1) is 0 Å². The van der Waals surface area contributed by atoms with Gasteiger partial charge in [0.05, 0.1) is 12.8 Å². The fourth-order valence-electron chi connectivity index (χ4n) is 1.84. The lowest BCUT2D eigenvalue weighted by molar-refractivity contribution is 0.102. The van der Waals surface area contributed by atoms with Crippen LogP contribution in [0.3, 0.4) is 0 Å². The van der Waals surface area contributed by atoms with Crippen LogP contribution in [0, 0.1) is 6.92 Å². The Balaban J connectivity index is 2.30. The second-order valence-corrected chi connectivity index (χ2v) is 5.29. The van der Waals surface area contributed by atoms with E-state index in [4.69, 9.17) is 10.5 Å². The molecular weight excluding hydrogens is 320 g/mol. The molecule has 2 aromatic rings. The van der Waals surface area contributed by atoms with Crippen LogP contribution >= 0.6 is 15.9 Å². The third kappa shape index (κ3) is 3.11. The Bertz CT molecular complexity index is 656. The van der Waals surface area contributed by atoms with Crippen molar-refractivity contribution in [2.75, 3.05) is 18.2 Å². The summed E-state index contributed by atoms with van der Waals surface area (Å²) in [5.41, 5.74) is 8.37. The Kier molecular flexibility index (Phi) is 4.29. The predicted molar refractivity (Wildman–Crippen MR) is 84.2 cm³/mol. The zero-order valence-electron chi connectivity index (χ0n) is 11.2. The first-order valence-electron chi connectivity index (χ1n) is 6.02. The Labute approximate surface area is 126 Å². The molecule has 104 valence electrons. The number of ether oxygens (including phenoxy) is 1. The molecule has 3 N–H and O–H groups in total. The maximum Gasteiger partial charge on any atom is 0.256 e. The summed E-state index contributed by atoms with van der Waals surface area (Å²) in [5.74, 6) is 0.345. The van der Waals surface area contributed by atoms with Crippen molar-refractivity contribution in [1.29, 1.82) is 0 Å². The molecule has 0 radical (unpaired) electrons. The van der Waals surface area contributed by atoms with Crippen LogP contribution in [-0.2, 0) is 0 Å². The van der Waals surface area contributed by atoms with Crippen molar-refractivity contribution in [2.24, 2.45) is 0 Å². The summed E-state index contributed by atoms with van der Waals surface area (Å²) in [4.78, 5) is 12.3. The molecule has 5 heteroatoms. The van der Waals surface area contributed by atoms with E-state index >= 15 is 0 Å². The quantitative estimate of drug-likeness (QED) is 0.843. The lowest BCUT2D eigenvalue weighted by atomic mass is 10.1. The van der Waals surface area contributed by atoms with Crippen molar-refractivity contribution in [3.05, 3.63) is 52.0 Å². The number of aryl methyl sites for hydroxylation is 1. The molecule has 0 fully saturated rings. The first-order chi connectivity index (χ1) is 9.51. The molecule has 0 aliphatic heterocycles. The van der Waals surface area contributed by atoms with Gasteiger partial charge in [-0.25, -0.2) is 0 Å². The fourth-order valence-corrected chi connectivity index (χ4v) is 2.20. The minimum atomic E-state index is -0.188. The van der Waals surface area contributed by atoms with E-state index in [1.807, 2.05) is 19.1 Å². The molecule has 0 unspecified atom stereocenters. The standard InChI is InChI=1S/C15H15BrN2O2/c1-9-3-4-10(16)7-12(9)15(19)18-13-6-5-11(17)8-14(13)20-2/h3-8H,17H2,1-2H3,(H,18,19). The number of nitrogens with two attached hydrogens (primary N) is 1. The van der Waals surface area contributed by atoms with Crippen LogP contribution in [0.25, 0.3) is 0 Å². The number of anilines is 2. The molecular formula is C15H15BrN2O2. The monoisotopic (exact) mass is 334 g/mol. The largest absolute Gasteiger partial charge is 0.494 e. The topological polar surface area (TPSA) is 64.3 Å². The second-order valence-electron chi connectivity index (χ2n) is 4.37. The SMILES string of the molecule is COc1cc(N)ccc1NC(=O)c1cc(Br)ccc1C. The molecule has 0 aromatic heterocycles. The highest BCUT2D eigenvalue weighted by molar-refractivity contribution is 9.10. The zero-order chi connectivity index (χ0) is 14.7. The van der Waals surface area contributed by atoms with Crippen LogP contribution in [-0.4, -0.2) is 13.0 Å². The van der Waals surface area contributed by atoms with Gasteiger partial charge in [0, 0.05) is 21.8 Å². The number of methoxy groups -OCH3 is 1. The summed E-state index contributed by atoms with van der Waals surface area (Å²) < 4.78 is 6.07. The molecule has 0 atom stereocenters. The second kappa shape index (κ2) is 5.96. The smallest absolute Gasteiger partial charge is 0.256 e. The van der Waals surface area contributed by atoms with Gasteiger partial charge in [0.15, 0.2) is 0 Å². The van der Waals surface area contributed by atoms with Gasteiger partial charge >= 0.3 is 0 Å². The first kappa shape index (κ1) is 14.4. The molecule has 2 rings (SSSR count). The number of halogens is 1. The van der Waals surface area contributed by atoms with Crippen molar-refractivity contribution in [3.8, 4) is 5.75 Å². The molecule has 0 saturated heterocycles. The Morgan fingerprint density at radius 3 is 2.70 bits per heavy atom. The highest BCUT2D eigenvalue weighted by Gasteiger charge is 2.12. The third-order valence-corrected chi connectivity index (χ3v) is 3.41. The average molecular weight is 335 g/mol. The number of hydrogen-bond acceptors (Lipinski definition) is 3. The summed E-state index contributed by atoms with van der Waals surface area (Å²) >= 11 is 3.37. The molecule has 0 bridgehead atoms. The predicted octanol–water partition coefficient (Wildman–Crippen LogP) is 3.60. The van der Waals surface area contributed by atoms with Crippen LogP contribution in [0.15, 0.2) is 40.9 Å². The van der Waals surface area contributed by atoms with Gasteiger partial charge in [-0.05, 0) is 36.8 Å². The van der Waals surface area contributed by atoms with E-state index in [9.17, 15) is 4.79 Å². The highest BCUT2D eigenvalue weighted by Crippen LogP contribution is 2.27. The molecule has 1 amide bonds. The summed E-state index contributed by atoms with van der Waals surface area (Å²) in [6.07, 6.45) is 0. The third-order valence-electron chi connectivity index (χ3n) is 2.92. The molecule has 0 aliphatic rings. The number of carbonyl (C=O) groups excluding carboxylic acids is 1. The summed E-state index contributed by atoms with van der Waals surface area (Å²) in [7, 11) is 1.54. The van der Waals surface area contributed by atoms with Gasteiger partial charge in [0.1, 0.15) is 5.75 Å². The number of carbonyl (C=O) groups is 1. The van der Waals surface area contributed by atoms with E-state index < -0.39 is 0 Å². The van der Waals surface area contributed by atoms with Crippen molar-refractivity contribution < 1.29 is 9.53 Å². The minimum Gasteiger partial charge on any atom is -0.494 e. The summed E-state index contributed by atoms with van der Waals surface area (Å²) in [6.45, 7) is 1.89. The van der Waals surface area contributed by atoms with Gasteiger partial charge in [-0.1, -0.05) is 22.0 Å². The molecule has 4 nitrogen and oxygen atoms in total. The molecule has 0 heterocycles. The summed E-state index contributed by atoms with van der Waals surface area (Å²) in [5, 5.41) is 2.83. The van der Waals surface area contributed by atoms with Crippen LogP contribution < -0.4 is 15.8 Å². The van der Waals surface area contributed by atoms with Crippen molar-refractivity contribution >= 4 is 33.2 Å². The van der Waals surface area contributed by atoms with E-state index in [0.717, 1.165) is 10.0 Å². The van der Waals surface area contributed by atoms with Gasteiger partial charge in [-0.2, -0.15) is 0 Å². The van der Waals surface area contributed by atoms with Crippen molar-refractivity contribution in [2.45, 2.75) is 6.92 Å². The first-order valence-corrected chi connectivity index (χ1v) is 6.81. The van der Waals surface area contributed by atoms with Gasteiger partial charge < -0.3 is 15.8 Å². The fraction of sp³-hybridized carbons (Fsp3) is 0.133. The van der Waals surface area contributed by atoms with Crippen molar-refractivity contribution in [1.82, 2.24) is 0 Å². The highest BCUT2D eigenvalue weighted by atomic mass is 79.9. The Morgan fingerprint density at radius 2 is 2.00 bits per heavy atom. The molecule has 20 heavy (non-hydrogen) atoms. The average Bonchev–Trinajstić information content (AvgIpc) is 2.43. The van der Waals surface area contributed by atoms with E-state index in [2.05, 4.69) is 21.2 Å². The zero-order valence-corrected chi connectivity index (χ0v) is 12.8. The number of benzene rings is 2. The summed E-state index contributed by atoms with van der Waals surface area (Å²) in [6, 6.07) is 10.7. The molecule has 0 saturated carbocycles. The van der Waals surface area contributed by atoms with Crippen LogP contribution in [0.2, 0.25) is 0 Å². The number of nitrogens with one attached hydrogen (secondary N) is 1. The van der Waals surface area contributed by atoms with Crippen LogP contribution in [0.5, 0.6) is 5.75 Å². The van der Waals surface area contributed by atoms with Crippen LogP contribution in [0.4, 0.5) is 11.4 Å². The van der Waals surface area contributed by atoms with Gasteiger partial charge in [-0.3, -0.25) is 4.79 Å². The number of hydrogen-bond donors (Lipinski definition) is 2. The maximum atomic E-state index is 12.3. The Hall–Kier alpha value is -2.01.